The van der Waals surface area contributed by atoms with Crippen LogP contribution in [-0.4, -0.2) is 42.7 Å². The van der Waals surface area contributed by atoms with Crippen molar-refractivity contribution in [3.63, 3.8) is 0 Å². The van der Waals surface area contributed by atoms with Crippen LogP contribution in [0, 0.1) is 0 Å². The molecule has 178 valence electrons. The van der Waals surface area contributed by atoms with Crippen molar-refractivity contribution < 1.29 is 14.3 Å². The van der Waals surface area contributed by atoms with Gasteiger partial charge in [-0.2, -0.15) is 0 Å². The molecular formula is C27H29ClN2O3S. The van der Waals surface area contributed by atoms with Gasteiger partial charge in [-0.05, 0) is 41.0 Å². The van der Waals surface area contributed by atoms with Crippen LogP contribution in [0.25, 0.3) is 0 Å². The molecule has 1 N–H and O–H groups in total. The number of halogens is 1. The Balaban J connectivity index is 1.77. The van der Waals surface area contributed by atoms with E-state index in [-0.39, 0.29) is 17.6 Å². The van der Waals surface area contributed by atoms with Crippen LogP contribution >= 0.6 is 23.4 Å². The summed E-state index contributed by atoms with van der Waals surface area (Å²) in [6.45, 7) is 0.323. The Labute approximate surface area is 210 Å². The monoisotopic (exact) mass is 496 g/mol. The van der Waals surface area contributed by atoms with Gasteiger partial charge in [-0.1, -0.05) is 66.2 Å². The van der Waals surface area contributed by atoms with E-state index in [0.29, 0.717) is 23.7 Å². The van der Waals surface area contributed by atoms with Gasteiger partial charge in [-0.25, -0.2) is 0 Å². The molecule has 0 fully saturated rings. The Bertz CT molecular complexity index is 1060. The smallest absolute Gasteiger partial charge is 0.242 e. The van der Waals surface area contributed by atoms with E-state index < -0.39 is 6.04 Å². The first kappa shape index (κ1) is 25.7. The molecule has 3 rings (SSSR count). The first-order valence-corrected chi connectivity index (χ1v) is 12.5. The lowest BCUT2D eigenvalue weighted by Crippen LogP contribution is -2.50. The number of hydrogen-bond donors (Lipinski definition) is 1. The zero-order valence-electron chi connectivity index (χ0n) is 19.4. The van der Waals surface area contributed by atoms with Crippen molar-refractivity contribution in [2.75, 3.05) is 19.9 Å². The first-order chi connectivity index (χ1) is 16.5. The van der Waals surface area contributed by atoms with Gasteiger partial charge >= 0.3 is 0 Å². The predicted molar refractivity (Wildman–Crippen MR) is 139 cm³/mol. The zero-order valence-corrected chi connectivity index (χ0v) is 20.9. The van der Waals surface area contributed by atoms with Gasteiger partial charge in [0.2, 0.25) is 11.8 Å². The Morgan fingerprint density at radius 3 is 2.21 bits per heavy atom. The summed E-state index contributed by atoms with van der Waals surface area (Å²) in [7, 11) is 3.24. The topological polar surface area (TPSA) is 58.6 Å². The molecule has 0 saturated carbocycles. The van der Waals surface area contributed by atoms with Crippen molar-refractivity contribution in [1.29, 1.82) is 0 Å². The summed E-state index contributed by atoms with van der Waals surface area (Å²) in [5, 5.41) is 3.36. The second-order valence-corrected chi connectivity index (χ2v) is 9.23. The molecule has 0 saturated heterocycles. The molecule has 0 unspecified atom stereocenters. The molecule has 1 atom stereocenters. The highest BCUT2D eigenvalue weighted by molar-refractivity contribution is 7.99. The molecule has 34 heavy (non-hydrogen) atoms. The molecule has 3 aromatic carbocycles. The van der Waals surface area contributed by atoms with Crippen molar-refractivity contribution in [3.8, 4) is 5.75 Å². The second kappa shape index (κ2) is 13.1. The standard InChI is InChI=1S/C27H29ClN2O3S/c1-29-27(32)25(16-20-6-4-3-5-7-20)30(17-21-8-12-23(28)13-9-21)26(31)19-34-18-22-10-14-24(33-2)15-11-22/h3-15,25H,16-19H2,1-2H3,(H,29,32)/t25-/m0/s1. The molecule has 0 radical (unpaired) electrons. The number of likely N-dealkylation sites (N-methyl/N-ethyl adjacent to an activating group) is 1. The van der Waals surface area contributed by atoms with Gasteiger partial charge in [-0.3, -0.25) is 9.59 Å². The molecule has 0 spiro atoms. The molecule has 0 bridgehead atoms. The van der Waals surface area contributed by atoms with Gasteiger partial charge in [-0.15, -0.1) is 11.8 Å². The SMILES string of the molecule is CNC(=O)[C@H](Cc1ccccc1)N(Cc1ccc(Cl)cc1)C(=O)CSCc1ccc(OC)cc1. The highest BCUT2D eigenvalue weighted by Gasteiger charge is 2.29. The first-order valence-electron chi connectivity index (χ1n) is 11.0. The maximum absolute atomic E-state index is 13.4. The number of amides is 2. The largest absolute Gasteiger partial charge is 0.497 e. The highest BCUT2D eigenvalue weighted by Crippen LogP contribution is 2.20. The zero-order chi connectivity index (χ0) is 24.3. The number of benzene rings is 3. The summed E-state index contributed by atoms with van der Waals surface area (Å²) in [5.41, 5.74) is 3.02. The summed E-state index contributed by atoms with van der Waals surface area (Å²) in [5.74, 6) is 1.48. The van der Waals surface area contributed by atoms with E-state index in [9.17, 15) is 9.59 Å². The van der Waals surface area contributed by atoms with Gasteiger partial charge in [0.25, 0.3) is 0 Å². The summed E-state index contributed by atoms with van der Waals surface area (Å²) in [4.78, 5) is 28.0. The quantitative estimate of drug-likeness (QED) is 0.407. The molecular weight excluding hydrogens is 468 g/mol. The van der Waals surface area contributed by atoms with Crippen molar-refractivity contribution >= 4 is 35.2 Å². The number of carbonyl (C=O) groups is 2. The minimum absolute atomic E-state index is 0.0852. The van der Waals surface area contributed by atoms with Crippen LogP contribution in [0.4, 0.5) is 0 Å². The van der Waals surface area contributed by atoms with Crippen LogP contribution in [0.3, 0.4) is 0 Å². The fourth-order valence-corrected chi connectivity index (χ4v) is 4.56. The summed E-state index contributed by atoms with van der Waals surface area (Å²) < 4.78 is 5.20. The lowest BCUT2D eigenvalue weighted by molar-refractivity contribution is -0.139. The van der Waals surface area contributed by atoms with Crippen LogP contribution in [0.5, 0.6) is 5.75 Å². The van der Waals surface area contributed by atoms with Crippen molar-refractivity contribution in [2.45, 2.75) is 24.8 Å². The predicted octanol–water partition coefficient (Wildman–Crippen LogP) is 4.97. The molecule has 5 nitrogen and oxygen atoms in total. The highest BCUT2D eigenvalue weighted by atomic mass is 35.5. The normalized spacial score (nSPS) is 11.5. The van der Waals surface area contributed by atoms with Crippen molar-refractivity contribution in [3.05, 3.63) is 101 Å². The molecule has 7 heteroatoms. The van der Waals surface area contributed by atoms with E-state index in [0.717, 1.165) is 22.4 Å². The Morgan fingerprint density at radius 1 is 0.941 bits per heavy atom. The van der Waals surface area contributed by atoms with E-state index >= 15 is 0 Å². The fraction of sp³-hybridized carbons (Fsp3) is 0.259. The molecule has 0 aromatic heterocycles. The van der Waals surface area contributed by atoms with Crippen molar-refractivity contribution in [2.24, 2.45) is 0 Å². The minimum Gasteiger partial charge on any atom is -0.497 e. The number of nitrogens with zero attached hydrogens (tertiary/aromatic N) is 1. The fourth-order valence-electron chi connectivity index (χ4n) is 3.57. The lowest BCUT2D eigenvalue weighted by Gasteiger charge is -2.31. The number of carbonyl (C=O) groups excluding carboxylic acids is 2. The summed E-state index contributed by atoms with van der Waals surface area (Å²) in [6, 6.07) is 24.3. The van der Waals surface area contributed by atoms with E-state index in [4.69, 9.17) is 16.3 Å². The number of rotatable bonds is 11. The number of ether oxygens (including phenoxy) is 1. The average molecular weight is 497 g/mol. The van der Waals surface area contributed by atoms with Gasteiger partial charge in [0.15, 0.2) is 0 Å². The van der Waals surface area contributed by atoms with Gasteiger partial charge < -0.3 is 15.0 Å². The van der Waals surface area contributed by atoms with Gasteiger partial charge in [0.1, 0.15) is 11.8 Å². The Kier molecular flexibility index (Phi) is 9.86. The van der Waals surface area contributed by atoms with E-state index in [1.54, 1.807) is 31.2 Å². The maximum Gasteiger partial charge on any atom is 0.242 e. The number of methoxy groups -OCH3 is 1. The molecule has 0 heterocycles. The van der Waals surface area contributed by atoms with Gasteiger partial charge in [0, 0.05) is 30.8 Å². The minimum atomic E-state index is -0.628. The number of hydrogen-bond acceptors (Lipinski definition) is 4. The molecule has 0 aliphatic heterocycles. The number of nitrogens with one attached hydrogen (secondary N) is 1. The molecule has 3 aromatic rings. The summed E-state index contributed by atoms with van der Waals surface area (Å²) >= 11 is 7.57. The van der Waals surface area contributed by atoms with E-state index in [1.807, 2.05) is 66.7 Å². The average Bonchev–Trinajstić information content (AvgIpc) is 2.87. The second-order valence-electron chi connectivity index (χ2n) is 7.81. The summed E-state index contributed by atoms with van der Waals surface area (Å²) in [6.07, 6.45) is 0.434. The van der Waals surface area contributed by atoms with Crippen LogP contribution in [0.15, 0.2) is 78.9 Å². The van der Waals surface area contributed by atoms with Crippen molar-refractivity contribution in [1.82, 2.24) is 10.2 Å². The molecule has 2 amide bonds. The Morgan fingerprint density at radius 2 is 1.59 bits per heavy atom. The Hall–Kier alpha value is -2.96. The third-order valence-electron chi connectivity index (χ3n) is 5.44. The molecule has 0 aliphatic carbocycles. The van der Waals surface area contributed by atoms with Crippen LogP contribution in [-0.2, 0) is 28.3 Å². The third-order valence-corrected chi connectivity index (χ3v) is 6.68. The molecule has 0 aliphatic rings. The van der Waals surface area contributed by atoms with Gasteiger partial charge in [0.05, 0.1) is 12.9 Å². The van der Waals surface area contributed by atoms with E-state index in [1.165, 1.54) is 11.8 Å². The van der Waals surface area contributed by atoms with Crippen LogP contribution < -0.4 is 10.1 Å². The van der Waals surface area contributed by atoms with Crippen LogP contribution in [0.2, 0.25) is 5.02 Å². The third kappa shape index (κ3) is 7.54. The van der Waals surface area contributed by atoms with Crippen LogP contribution in [0.1, 0.15) is 16.7 Å². The number of thioether (sulfide) groups is 1. The van der Waals surface area contributed by atoms with E-state index in [2.05, 4.69) is 5.32 Å². The lowest BCUT2D eigenvalue weighted by atomic mass is 10.0. The maximum atomic E-state index is 13.4.